The van der Waals surface area contributed by atoms with E-state index in [1.165, 1.54) is 4.31 Å². The van der Waals surface area contributed by atoms with E-state index in [1.807, 2.05) is 6.92 Å². The third-order valence-electron chi connectivity index (χ3n) is 4.71. The van der Waals surface area contributed by atoms with Crippen LogP contribution < -0.4 is 10.6 Å². The second-order valence-corrected chi connectivity index (χ2v) is 8.48. The highest BCUT2D eigenvalue weighted by atomic mass is 35.5. The molecular formula is C15H30ClN3O3S. The molecule has 0 aliphatic carbocycles. The molecule has 23 heavy (non-hydrogen) atoms. The molecule has 136 valence electrons. The molecule has 6 nitrogen and oxygen atoms in total. The van der Waals surface area contributed by atoms with Gasteiger partial charge in [-0.2, -0.15) is 4.31 Å². The molecule has 2 rings (SSSR count). The number of hydrogen-bond donors (Lipinski definition) is 2. The molecular weight excluding hydrogens is 338 g/mol. The van der Waals surface area contributed by atoms with Crippen molar-refractivity contribution in [1.82, 2.24) is 14.9 Å². The molecule has 2 heterocycles. The van der Waals surface area contributed by atoms with Crippen molar-refractivity contribution >= 4 is 28.3 Å². The van der Waals surface area contributed by atoms with Crippen LogP contribution >= 0.6 is 12.4 Å². The van der Waals surface area contributed by atoms with Gasteiger partial charge in [0.05, 0.1) is 5.75 Å². The highest BCUT2D eigenvalue weighted by molar-refractivity contribution is 7.89. The first-order valence-corrected chi connectivity index (χ1v) is 10.1. The predicted octanol–water partition coefficient (Wildman–Crippen LogP) is 1.26. The van der Waals surface area contributed by atoms with Crippen molar-refractivity contribution in [2.45, 2.75) is 70.5 Å². The van der Waals surface area contributed by atoms with Crippen molar-refractivity contribution in [3.63, 3.8) is 0 Å². The zero-order valence-electron chi connectivity index (χ0n) is 14.1. The van der Waals surface area contributed by atoms with Gasteiger partial charge in [-0.15, -0.1) is 12.4 Å². The molecule has 0 radical (unpaired) electrons. The number of unbranched alkanes of at least 4 members (excludes halogenated alkanes) is 1. The van der Waals surface area contributed by atoms with Crippen LogP contribution in [0, 0.1) is 0 Å². The molecule has 2 aliphatic rings. The molecule has 3 unspecified atom stereocenters. The smallest absolute Gasteiger partial charge is 0.238 e. The Morgan fingerprint density at radius 3 is 2.70 bits per heavy atom. The van der Waals surface area contributed by atoms with Crippen LogP contribution in [0.3, 0.4) is 0 Å². The number of carbonyl (C=O) groups is 1. The number of rotatable bonds is 6. The maximum absolute atomic E-state index is 12.5. The third kappa shape index (κ3) is 5.31. The second kappa shape index (κ2) is 9.20. The lowest BCUT2D eigenvalue weighted by atomic mass is 9.99. The Hall–Kier alpha value is -0.370. The average Bonchev–Trinajstić information content (AvgIpc) is 2.98. The monoisotopic (exact) mass is 367 g/mol. The summed E-state index contributed by atoms with van der Waals surface area (Å²) in [7, 11) is -3.31. The van der Waals surface area contributed by atoms with E-state index in [2.05, 4.69) is 17.6 Å². The van der Waals surface area contributed by atoms with E-state index >= 15 is 0 Å². The van der Waals surface area contributed by atoms with Gasteiger partial charge < -0.3 is 10.6 Å². The Morgan fingerprint density at radius 2 is 2.04 bits per heavy atom. The SMILES string of the molecule is CCCCS(=O)(=O)N1CCCC1C(=O)NC1CCCNC1C.Cl. The van der Waals surface area contributed by atoms with Crippen LogP contribution in [0.15, 0.2) is 0 Å². The van der Waals surface area contributed by atoms with Crippen LogP contribution in [-0.4, -0.2) is 55.6 Å². The van der Waals surface area contributed by atoms with Crippen LogP contribution in [0.4, 0.5) is 0 Å². The van der Waals surface area contributed by atoms with Crippen molar-refractivity contribution in [1.29, 1.82) is 0 Å². The van der Waals surface area contributed by atoms with E-state index in [0.29, 0.717) is 19.4 Å². The molecule has 0 aromatic carbocycles. The van der Waals surface area contributed by atoms with Crippen molar-refractivity contribution in [2.24, 2.45) is 0 Å². The maximum Gasteiger partial charge on any atom is 0.238 e. The summed E-state index contributed by atoms with van der Waals surface area (Å²) in [6.45, 7) is 5.49. The fourth-order valence-electron chi connectivity index (χ4n) is 3.30. The van der Waals surface area contributed by atoms with Gasteiger partial charge in [-0.3, -0.25) is 4.79 Å². The summed E-state index contributed by atoms with van der Waals surface area (Å²) in [4.78, 5) is 12.5. The van der Waals surface area contributed by atoms with Gasteiger partial charge in [-0.05, 0) is 45.6 Å². The number of sulfonamides is 1. The van der Waals surface area contributed by atoms with E-state index in [0.717, 1.165) is 32.2 Å². The summed E-state index contributed by atoms with van der Waals surface area (Å²) in [5.41, 5.74) is 0. The Labute approximate surface area is 146 Å². The van der Waals surface area contributed by atoms with E-state index < -0.39 is 16.1 Å². The molecule has 2 aliphatic heterocycles. The average molecular weight is 368 g/mol. The normalized spacial score (nSPS) is 29.0. The summed E-state index contributed by atoms with van der Waals surface area (Å²) >= 11 is 0. The lowest BCUT2D eigenvalue weighted by Crippen LogP contribution is -2.56. The van der Waals surface area contributed by atoms with Gasteiger partial charge in [0.2, 0.25) is 15.9 Å². The predicted molar refractivity (Wildman–Crippen MR) is 94.3 cm³/mol. The van der Waals surface area contributed by atoms with Crippen molar-refractivity contribution in [2.75, 3.05) is 18.8 Å². The number of amides is 1. The van der Waals surface area contributed by atoms with Crippen LogP contribution in [0.25, 0.3) is 0 Å². The number of hydrogen-bond acceptors (Lipinski definition) is 4. The van der Waals surface area contributed by atoms with Gasteiger partial charge in [0.15, 0.2) is 0 Å². The molecule has 1 amide bonds. The number of nitrogens with zero attached hydrogens (tertiary/aromatic N) is 1. The number of piperidine rings is 1. The van der Waals surface area contributed by atoms with Crippen molar-refractivity contribution in [3.05, 3.63) is 0 Å². The highest BCUT2D eigenvalue weighted by Crippen LogP contribution is 2.23. The summed E-state index contributed by atoms with van der Waals surface area (Å²) in [6.07, 6.45) is 4.88. The van der Waals surface area contributed by atoms with Crippen LogP contribution in [-0.2, 0) is 14.8 Å². The largest absolute Gasteiger partial charge is 0.350 e. The number of carbonyl (C=O) groups excluding carboxylic acids is 1. The summed E-state index contributed by atoms with van der Waals surface area (Å²) in [6, 6.07) is -0.178. The zero-order valence-corrected chi connectivity index (χ0v) is 15.7. The van der Waals surface area contributed by atoms with Gasteiger partial charge in [-0.25, -0.2) is 8.42 Å². The molecule has 2 N–H and O–H groups in total. The molecule has 8 heteroatoms. The standard InChI is InChI=1S/C15H29N3O3S.ClH/c1-3-4-11-22(20,21)18-10-6-8-14(18)15(19)17-13-7-5-9-16-12(13)2;/h12-14,16H,3-11H2,1-2H3,(H,17,19);1H. The third-order valence-corrected chi connectivity index (χ3v) is 6.67. The Bertz CT molecular complexity index is 486. The second-order valence-electron chi connectivity index (χ2n) is 6.44. The van der Waals surface area contributed by atoms with E-state index in [4.69, 9.17) is 0 Å². The van der Waals surface area contributed by atoms with Gasteiger partial charge in [0.1, 0.15) is 6.04 Å². The van der Waals surface area contributed by atoms with Crippen LogP contribution in [0.1, 0.15) is 52.4 Å². The van der Waals surface area contributed by atoms with E-state index in [-0.39, 0.29) is 36.2 Å². The van der Waals surface area contributed by atoms with Gasteiger partial charge >= 0.3 is 0 Å². The Morgan fingerprint density at radius 1 is 1.30 bits per heavy atom. The van der Waals surface area contributed by atoms with Crippen LogP contribution in [0.5, 0.6) is 0 Å². The number of nitrogens with one attached hydrogen (secondary N) is 2. The zero-order chi connectivity index (χ0) is 16.2. The first kappa shape index (κ1) is 20.7. The van der Waals surface area contributed by atoms with Gasteiger partial charge in [0, 0.05) is 18.6 Å². The minimum Gasteiger partial charge on any atom is -0.350 e. The molecule has 3 atom stereocenters. The minimum absolute atomic E-state index is 0. The van der Waals surface area contributed by atoms with Crippen molar-refractivity contribution in [3.8, 4) is 0 Å². The lowest BCUT2D eigenvalue weighted by molar-refractivity contribution is -0.125. The quantitative estimate of drug-likeness (QED) is 0.740. The van der Waals surface area contributed by atoms with Gasteiger partial charge in [-0.1, -0.05) is 13.3 Å². The molecule has 0 aromatic rings. The highest BCUT2D eigenvalue weighted by Gasteiger charge is 2.39. The first-order valence-electron chi connectivity index (χ1n) is 8.49. The molecule has 0 spiro atoms. The molecule has 2 saturated heterocycles. The fourth-order valence-corrected chi connectivity index (χ4v) is 5.18. The Kier molecular flexibility index (Phi) is 8.27. The summed E-state index contributed by atoms with van der Waals surface area (Å²) in [5, 5.41) is 6.41. The molecule has 0 aromatic heterocycles. The fraction of sp³-hybridized carbons (Fsp3) is 0.933. The van der Waals surface area contributed by atoms with Gasteiger partial charge in [0.25, 0.3) is 0 Å². The topological polar surface area (TPSA) is 78.5 Å². The van der Waals surface area contributed by atoms with E-state index in [9.17, 15) is 13.2 Å². The first-order chi connectivity index (χ1) is 10.5. The minimum atomic E-state index is -3.31. The molecule has 2 fully saturated rings. The summed E-state index contributed by atoms with van der Waals surface area (Å²) in [5.74, 6) is 0.0207. The molecule has 0 saturated carbocycles. The van der Waals surface area contributed by atoms with E-state index in [1.54, 1.807) is 0 Å². The Balaban J connectivity index is 0.00000264. The lowest BCUT2D eigenvalue weighted by Gasteiger charge is -2.32. The number of halogens is 1. The van der Waals surface area contributed by atoms with Crippen molar-refractivity contribution < 1.29 is 13.2 Å². The molecule has 0 bridgehead atoms. The summed E-state index contributed by atoms with van der Waals surface area (Å²) < 4.78 is 26.2. The maximum atomic E-state index is 12.5. The van der Waals surface area contributed by atoms with Crippen LogP contribution in [0.2, 0.25) is 0 Å².